The van der Waals surface area contributed by atoms with Crippen molar-refractivity contribution in [3.8, 4) is 5.75 Å². The number of ether oxygens (including phenoxy) is 1. The first-order chi connectivity index (χ1) is 8.69. The first-order valence-corrected chi connectivity index (χ1v) is 6.84. The molecule has 1 aliphatic heterocycles. The summed E-state index contributed by atoms with van der Waals surface area (Å²) in [7, 11) is 1.61. The zero-order valence-corrected chi connectivity index (χ0v) is 11.9. The first kappa shape index (κ1) is 13.4. The second-order valence-corrected chi connectivity index (χ2v) is 5.33. The smallest absolute Gasteiger partial charge is 0.228 e. The van der Waals surface area contributed by atoms with Crippen molar-refractivity contribution < 1.29 is 9.53 Å². The normalized spacial score (nSPS) is 19.3. The summed E-state index contributed by atoms with van der Waals surface area (Å²) in [5, 5.41) is 6.18. The summed E-state index contributed by atoms with van der Waals surface area (Å²) >= 11 is 3.40. The predicted octanol–water partition coefficient (Wildman–Crippen LogP) is 2.40. The van der Waals surface area contributed by atoms with Crippen LogP contribution in [0.25, 0.3) is 0 Å². The molecule has 4 nitrogen and oxygen atoms in total. The fourth-order valence-corrected chi connectivity index (χ4v) is 2.54. The summed E-state index contributed by atoms with van der Waals surface area (Å²) in [5.74, 6) is 0.854. The van der Waals surface area contributed by atoms with Gasteiger partial charge in [0.1, 0.15) is 5.75 Å². The molecule has 1 heterocycles. The quantitative estimate of drug-likeness (QED) is 0.901. The second-order valence-electron chi connectivity index (χ2n) is 4.41. The van der Waals surface area contributed by atoms with E-state index in [1.807, 2.05) is 18.2 Å². The number of methoxy groups -OCH3 is 1. The number of benzene rings is 1. The third-order valence-electron chi connectivity index (χ3n) is 3.04. The highest BCUT2D eigenvalue weighted by atomic mass is 79.9. The second kappa shape index (κ2) is 6.20. The summed E-state index contributed by atoms with van der Waals surface area (Å²) in [6.07, 6.45) is 2.00. The van der Waals surface area contributed by atoms with Gasteiger partial charge in [0.25, 0.3) is 0 Å². The van der Waals surface area contributed by atoms with Gasteiger partial charge in [-0.25, -0.2) is 0 Å². The van der Waals surface area contributed by atoms with Crippen molar-refractivity contribution >= 4 is 27.5 Å². The minimum absolute atomic E-state index is 0.0590. The summed E-state index contributed by atoms with van der Waals surface area (Å²) in [6, 6.07) is 5.55. The molecule has 2 rings (SSSR count). The van der Waals surface area contributed by atoms with Gasteiger partial charge in [-0.3, -0.25) is 4.79 Å². The van der Waals surface area contributed by atoms with Crippen LogP contribution < -0.4 is 15.4 Å². The summed E-state index contributed by atoms with van der Waals surface area (Å²) < 4.78 is 6.06. The van der Waals surface area contributed by atoms with Crippen molar-refractivity contribution in [2.24, 2.45) is 5.92 Å². The Labute approximate surface area is 115 Å². The van der Waals surface area contributed by atoms with Gasteiger partial charge in [-0.2, -0.15) is 0 Å². The van der Waals surface area contributed by atoms with Crippen LogP contribution in [0.4, 0.5) is 5.69 Å². The van der Waals surface area contributed by atoms with Crippen LogP contribution in [0.15, 0.2) is 22.7 Å². The lowest BCUT2D eigenvalue weighted by atomic mass is 9.99. The third kappa shape index (κ3) is 3.46. The van der Waals surface area contributed by atoms with Crippen LogP contribution in [0.2, 0.25) is 0 Å². The van der Waals surface area contributed by atoms with E-state index in [1.54, 1.807) is 7.11 Å². The van der Waals surface area contributed by atoms with Crippen LogP contribution in [0.1, 0.15) is 12.8 Å². The molecule has 0 bridgehead atoms. The van der Waals surface area contributed by atoms with Crippen molar-refractivity contribution in [1.29, 1.82) is 0 Å². The average molecular weight is 313 g/mol. The van der Waals surface area contributed by atoms with Crippen LogP contribution in [0, 0.1) is 5.92 Å². The Bertz CT molecular complexity index is 431. The fraction of sp³-hybridized carbons (Fsp3) is 0.462. The van der Waals surface area contributed by atoms with E-state index in [1.165, 1.54) is 0 Å². The molecule has 1 aromatic carbocycles. The number of carbonyl (C=O) groups is 1. The van der Waals surface area contributed by atoms with Crippen LogP contribution in [-0.2, 0) is 4.79 Å². The van der Waals surface area contributed by atoms with Crippen LogP contribution in [0.3, 0.4) is 0 Å². The van der Waals surface area contributed by atoms with Crippen LogP contribution >= 0.6 is 15.9 Å². The molecular formula is C13H17BrN2O2. The van der Waals surface area contributed by atoms with E-state index in [0.29, 0.717) is 0 Å². The highest BCUT2D eigenvalue weighted by Crippen LogP contribution is 2.25. The molecular weight excluding hydrogens is 296 g/mol. The van der Waals surface area contributed by atoms with E-state index in [9.17, 15) is 4.79 Å². The van der Waals surface area contributed by atoms with Gasteiger partial charge < -0.3 is 15.4 Å². The first-order valence-electron chi connectivity index (χ1n) is 6.05. The molecule has 1 aliphatic rings. The molecule has 1 saturated heterocycles. The topological polar surface area (TPSA) is 50.4 Å². The maximum absolute atomic E-state index is 12.1. The molecule has 1 unspecified atom stereocenters. The number of rotatable bonds is 3. The van der Waals surface area contributed by atoms with Gasteiger partial charge in [0, 0.05) is 22.8 Å². The molecule has 2 N–H and O–H groups in total. The predicted molar refractivity (Wildman–Crippen MR) is 74.9 cm³/mol. The molecule has 98 valence electrons. The van der Waals surface area contributed by atoms with E-state index in [0.717, 1.165) is 41.8 Å². The number of hydrogen-bond acceptors (Lipinski definition) is 3. The van der Waals surface area contributed by atoms with Gasteiger partial charge >= 0.3 is 0 Å². The zero-order chi connectivity index (χ0) is 13.0. The van der Waals surface area contributed by atoms with E-state index in [4.69, 9.17) is 4.74 Å². The van der Waals surface area contributed by atoms with Crippen LogP contribution in [-0.4, -0.2) is 26.1 Å². The number of hydrogen-bond donors (Lipinski definition) is 2. The summed E-state index contributed by atoms with van der Waals surface area (Å²) in [4.78, 5) is 12.1. The Morgan fingerprint density at radius 3 is 3.00 bits per heavy atom. The lowest BCUT2D eigenvalue weighted by molar-refractivity contribution is -0.120. The van der Waals surface area contributed by atoms with Crippen molar-refractivity contribution in [3.63, 3.8) is 0 Å². The Morgan fingerprint density at radius 2 is 2.33 bits per heavy atom. The van der Waals surface area contributed by atoms with Crippen molar-refractivity contribution in [3.05, 3.63) is 22.7 Å². The molecule has 18 heavy (non-hydrogen) atoms. The third-order valence-corrected chi connectivity index (χ3v) is 3.50. The van der Waals surface area contributed by atoms with Crippen molar-refractivity contribution in [2.45, 2.75) is 12.8 Å². The molecule has 1 aromatic rings. The molecule has 5 heteroatoms. The number of anilines is 1. The molecule has 0 spiro atoms. The number of nitrogens with one attached hydrogen (secondary N) is 2. The maximum atomic E-state index is 12.1. The lowest BCUT2D eigenvalue weighted by Crippen LogP contribution is -2.37. The maximum Gasteiger partial charge on any atom is 0.228 e. The lowest BCUT2D eigenvalue weighted by Gasteiger charge is -2.22. The number of halogens is 1. The molecule has 0 aromatic heterocycles. The Balaban J connectivity index is 2.03. The molecule has 0 radical (unpaired) electrons. The van der Waals surface area contributed by atoms with Crippen molar-refractivity contribution in [2.75, 3.05) is 25.5 Å². The van der Waals surface area contributed by atoms with Gasteiger partial charge in [0.2, 0.25) is 5.91 Å². The molecule has 1 fully saturated rings. The monoisotopic (exact) mass is 312 g/mol. The van der Waals surface area contributed by atoms with E-state index < -0.39 is 0 Å². The van der Waals surface area contributed by atoms with Gasteiger partial charge in [-0.05, 0) is 31.5 Å². The zero-order valence-electron chi connectivity index (χ0n) is 10.3. The Morgan fingerprint density at radius 1 is 1.50 bits per heavy atom. The van der Waals surface area contributed by atoms with Gasteiger partial charge in [-0.1, -0.05) is 15.9 Å². The SMILES string of the molecule is COc1cc(Br)cc(NC(=O)C2CCCNC2)c1. The Hall–Kier alpha value is -1.07. The molecule has 0 saturated carbocycles. The minimum atomic E-state index is 0.0590. The summed E-state index contributed by atoms with van der Waals surface area (Å²) in [6.45, 7) is 1.77. The summed E-state index contributed by atoms with van der Waals surface area (Å²) in [5.41, 5.74) is 0.761. The van der Waals surface area contributed by atoms with Crippen LogP contribution in [0.5, 0.6) is 5.75 Å². The fourth-order valence-electron chi connectivity index (χ4n) is 2.07. The minimum Gasteiger partial charge on any atom is -0.497 e. The number of amides is 1. The van der Waals surface area contributed by atoms with Gasteiger partial charge in [0.05, 0.1) is 13.0 Å². The van der Waals surface area contributed by atoms with E-state index in [-0.39, 0.29) is 11.8 Å². The Kier molecular flexibility index (Phi) is 4.60. The van der Waals surface area contributed by atoms with E-state index in [2.05, 4.69) is 26.6 Å². The largest absolute Gasteiger partial charge is 0.497 e. The molecule has 1 atom stereocenters. The van der Waals surface area contributed by atoms with E-state index >= 15 is 0 Å². The molecule has 0 aliphatic carbocycles. The number of piperidine rings is 1. The van der Waals surface area contributed by atoms with Gasteiger partial charge in [0.15, 0.2) is 0 Å². The van der Waals surface area contributed by atoms with Crippen molar-refractivity contribution in [1.82, 2.24) is 5.32 Å². The molecule has 1 amide bonds. The highest BCUT2D eigenvalue weighted by molar-refractivity contribution is 9.10. The van der Waals surface area contributed by atoms with Gasteiger partial charge in [-0.15, -0.1) is 0 Å². The highest BCUT2D eigenvalue weighted by Gasteiger charge is 2.20. The standard InChI is InChI=1S/C13H17BrN2O2/c1-18-12-6-10(14)5-11(7-12)16-13(17)9-3-2-4-15-8-9/h5-7,9,15H,2-4,8H2,1H3,(H,16,17). The average Bonchev–Trinajstić information content (AvgIpc) is 2.39. The number of carbonyl (C=O) groups excluding carboxylic acids is 1.